The summed E-state index contributed by atoms with van der Waals surface area (Å²) < 4.78 is 5.33. The van der Waals surface area contributed by atoms with Crippen LogP contribution >= 0.6 is 0 Å². The van der Waals surface area contributed by atoms with E-state index < -0.39 is 0 Å². The summed E-state index contributed by atoms with van der Waals surface area (Å²) in [6.45, 7) is 2.07. The molecule has 0 radical (unpaired) electrons. The molecule has 2 rings (SSSR count). The van der Waals surface area contributed by atoms with Crippen molar-refractivity contribution in [1.82, 2.24) is 5.32 Å². The van der Waals surface area contributed by atoms with Gasteiger partial charge in [0.05, 0.1) is 18.4 Å². The van der Waals surface area contributed by atoms with E-state index in [9.17, 15) is 5.11 Å². The highest BCUT2D eigenvalue weighted by atomic mass is 16.3. The molecule has 0 aliphatic heterocycles. The summed E-state index contributed by atoms with van der Waals surface area (Å²) in [6.07, 6.45) is 5.82. The molecule has 1 heterocycles. The molecule has 1 aliphatic rings. The number of hydrogen-bond donors (Lipinski definition) is 2. The van der Waals surface area contributed by atoms with E-state index in [2.05, 4.69) is 12.2 Å². The van der Waals surface area contributed by atoms with Gasteiger partial charge in [-0.3, -0.25) is 0 Å². The molecule has 3 atom stereocenters. The van der Waals surface area contributed by atoms with Crippen molar-refractivity contribution in [1.29, 1.82) is 0 Å². The van der Waals surface area contributed by atoms with Gasteiger partial charge in [-0.15, -0.1) is 0 Å². The van der Waals surface area contributed by atoms with Crippen LogP contribution in [0.5, 0.6) is 0 Å². The molecule has 1 aromatic rings. The summed E-state index contributed by atoms with van der Waals surface area (Å²) in [5.41, 5.74) is 0. The molecular formula is C12H19NO2. The Hall–Kier alpha value is -0.800. The first-order valence-electron chi connectivity index (χ1n) is 5.75. The highest BCUT2D eigenvalue weighted by Gasteiger charge is 2.24. The van der Waals surface area contributed by atoms with E-state index in [0.717, 1.165) is 25.0 Å². The normalized spacial score (nSPS) is 28.9. The Morgan fingerprint density at radius 1 is 1.47 bits per heavy atom. The van der Waals surface area contributed by atoms with Crippen molar-refractivity contribution in [2.45, 2.75) is 50.8 Å². The van der Waals surface area contributed by atoms with E-state index in [4.69, 9.17) is 4.42 Å². The second kappa shape index (κ2) is 4.81. The fourth-order valence-corrected chi connectivity index (χ4v) is 2.25. The largest absolute Gasteiger partial charge is 0.468 e. The van der Waals surface area contributed by atoms with Crippen LogP contribution in [0.3, 0.4) is 0 Å². The van der Waals surface area contributed by atoms with Crippen molar-refractivity contribution < 1.29 is 9.52 Å². The lowest BCUT2D eigenvalue weighted by Crippen LogP contribution is -2.43. The van der Waals surface area contributed by atoms with Gasteiger partial charge in [0.25, 0.3) is 0 Å². The van der Waals surface area contributed by atoms with Crippen molar-refractivity contribution in [3.63, 3.8) is 0 Å². The zero-order valence-electron chi connectivity index (χ0n) is 9.15. The third-order valence-electron chi connectivity index (χ3n) is 3.16. The van der Waals surface area contributed by atoms with E-state index in [1.807, 2.05) is 12.1 Å². The lowest BCUT2D eigenvalue weighted by Gasteiger charge is -2.30. The van der Waals surface area contributed by atoms with Gasteiger partial charge in [0.15, 0.2) is 0 Å². The Bertz CT molecular complexity index is 284. The Labute approximate surface area is 90.5 Å². The molecule has 1 saturated carbocycles. The van der Waals surface area contributed by atoms with Crippen LogP contribution in [0.25, 0.3) is 0 Å². The maximum absolute atomic E-state index is 9.82. The highest BCUT2D eigenvalue weighted by molar-refractivity contribution is 5.03. The first-order valence-corrected chi connectivity index (χ1v) is 5.75. The van der Waals surface area contributed by atoms with Crippen LogP contribution in [0.15, 0.2) is 22.8 Å². The van der Waals surface area contributed by atoms with Crippen LogP contribution in [0.4, 0.5) is 0 Å². The SMILES string of the molecule is C[C@H](N[C@H]1CCCC[C@@H]1O)c1ccco1. The lowest BCUT2D eigenvalue weighted by molar-refractivity contribution is 0.0845. The van der Waals surface area contributed by atoms with Crippen molar-refractivity contribution >= 4 is 0 Å². The maximum Gasteiger partial charge on any atom is 0.120 e. The van der Waals surface area contributed by atoms with Crippen LogP contribution in [-0.4, -0.2) is 17.3 Å². The Morgan fingerprint density at radius 2 is 2.27 bits per heavy atom. The molecule has 1 aliphatic carbocycles. The molecule has 0 aromatic carbocycles. The topological polar surface area (TPSA) is 45.4 Å². The Balaban J connectivity index is 1.90. The van der Waals surface area contributed by atoms with Crippen LogP contribution in [0, 0.1) is 0 Å². The number of furan rings is 1. The van der Waals surface area contributed by atoms with Gasteiger partial charge in [-0.05, 0) is 31.9 Å². The minimum atomic E-state index is -0.198. The maximum atomic E-state index is 9.82. The number of hydrogen-bond acceptors (Lipinski definition) is 3. The van der Waals surface area contributed by atoms with Gasteiger partial charge < -0.3 is 14.8 Å². The average Bonchev–Trinajstić information content (AvgIpc) is 2.74. The second-order valence-corrected chi connectivity index (χ2v) is 4.36. The molecule has 0 amide bonds. The molecule has 0 spiro atoms. The number of aliphatic hydroxyl groups excluding tert-OH is 1. The molecule has 84 valence electrons. The fourth-order valence-electron chi connectivity index (χ4n) is 2.25. The quantitative estimate of drug-likeness (QED) is 0.802. The van der Waals surface area contributed by atoms with Gasteiger partial charge in [-0.1, -0.05) is 12.8 Å². The van der Waals surface area contributed by atoms with Crippen LogP contribution in [0.1, 0.15) is 44.4 Å². The number of rotatable bonds is 3. The molecule has 1 fully saturated rings. The number of nitrogens with one attached hydrogen (secondary N) is 1. The molecular weight excluding hydrogens is 190 g/mol. The van der Waals surface area contributed by atoms with Gasteiger partial charge in [0, 0.05) is 6.04 Å². The van der Waals surface area contributed by atoms with Gasteiger partial charge in [-0.2, -0.15) is 0 Å². The highest BCUT2D eigenvalue weighted by Crippen LogP contribution is 2.22. The summed E-state index contributed by atoms with van der Waals surface area (Å²) in [5, 5.41) is 13.2. The summed E-state index contributed by atoms with van der Waals surface area (Å²) in [6, 6.07) is 4.26. The molecule has 3 nitrogen and oxygen atoms in total. The standard InChI is InChI=1S/C12H19NO2/c1-9(12-7-4-8-15-12)13-10-5-2-3-6-11(10)14/h4,7-11,13-14H,2-3,5-6H2,1H3/t9-,10-,11-/m0/s1. The van der Waals surface area contributed by atoms with Gasteiger partial charge >= 0.3 is 0 Å². The predicted molar refractivity (Wildman–Crippen MR) is 58.5 cm³/mol. The number of aliphatic hydroxyl groups is 1. The summed E-state index contributed by atoms with van der Waals surface area (Å²) in [7, 11) is 0. The predicted octanol–water partition coefficient (Wildman–Crippen LogP) is 2.23. The summed E-state index contributed by atoms with van der Waals surface area (Å²) >= 11 is 0. The Kier molecular flexibility index (Phi) is 3.44. The van der Waals surface area contributed by atoms with Crippen molar-refractivity contribution in [3.05, 3.63) is 24.2 Å². The molecule has 3 heteroatoms. The molecule has 1 aromatic heterocycles. The van der Waals surface area contributed by atoms with E-state index in [1.165, 1.54) is 6.42 Å². The Morgan fingerprint density at radius 3 is 2.93 bits per heavy atom. The van der Waals surface area contributed by atoms with Gasteiger partial charge in [0.1, 0.15) is 5.76 Å². The molecule has 2 N–H and O–H groups in total. The zero-order chi connectivity index (χ0) is 10.7. The smallest absolute Gasteiger partial charge is 0.120 e. The minimum Gasteiger partial charge on any atom is -0.468 e. The van der Waals surface area contributed by atoms with Crippen molar-refractivity contribution in [2.75, 3.05) is 0 Å². The third-order valence-corrected chi connectivity index (χ3v) is 3.16. The molecule has 15 heavy (non-hydrogen) atoms. The molecule has 0 bridgehead atoms. The van der Waals surface area contributed by atoms with Crippen LogP contribution in [0.2, 0.25) is 0 Å². The average molecular weight is 209 g/mol. The minimum absolute atomic E-state index is 0.178. The molecule has 0 saturated heterocycles. The first kappa shape index (κ1) is 10.7. The van der Waals surface area contributed by atoms with E-state index in [0.29, 0.717) is 0 Å². The summed E-state index contributed by atoms with van der Waals surface area (Å²) in [5.74, 6) is 0.938. The first-order chi connectivity index (χ1) is 7.27. The van der Waals surface area contributed by atoms with Gasteiger partial charge in [0.2, 0.25) is 0 Å². The molecule has 0 unspecified atom stereocenters. The van der Waals surface area contributed by atoms with Crippen LogP contribution < -0.4 is 5.32 Å². The lowest BCUT2D eigenvalue weighted by atomic mass is 9.92. The van der Waals surface area contributed by atoms with E-state index >= 15 is 0 Å². The fraction of sp³-hybridized carbons (Fsp3) is 0.667. The van der Waals surface area contributed by atoms with Crippen LogP contribution in [-0.2, 0) is 0 Å². The van der Waals surface area contributed by atoms with E-state index in [-0.39, 0.29) is 18.2 Å². The monoisotopic (exact) mass is 209 g/mol. The van der Waals surface area contributed by atoms with Crippen molar-refractivity contribution in [2.24, 2.45) is 0 Å². The van der Waals surface area contributed by atoms with E-state index in [1.54, 1.807) is 6.26 Å². The third kappa shape index (κ3) is 2.61. The summed E-state index contributed by atoms with van der Waals surface area (Å²) in [4.78, 5) is 0. The van der Waals surface area contributed by atoms with Gasteiger partial charge in [-0.25, -0.2) is 0 Å². The van der Waals surface area contributed by atoms with Crippen molar-refractivity contribution in [3.8, 4) is 0 Å². The zero-order valence-corrected chi connectivity index (χ0v) is 9.15. The second-order valence-electron chi connectivity index (χ2n) is 4.36.